The molecule has 0 aliphatic carbocycles. The highest BCUT2D eigenvalue weighted by Gasteiger charge is 2.25. The van der Waals surface area contributed by atoms with Gasteiger partial charge in [0, 0.05) is 17.1 Å². The Hall–Kier alpha value is -3.16. The predicted molar refractivity (Wildman–Crippen MR) is 74.4 cm³/mol. The smallest absolute Gasteiger partial charge is 0.251 e. The number of ketones is 1. The van der Waals surface area contributed by atoms with E-state index in [0.717, 1.165) is 30.6 Å². The van der Waals surface area contributed by atoms with Crippen LogP contribution in [0.1, 0.15) is 26.3 Å². The van der Waals surface area contributed by atoms with Gasteiger partial charge in [-0.2, -0.15) is 0 Å². The topological polar surface area (TPSA) is 88.8 Å². The van der Waals surface area contributed by atoms with Gasteiger partial charge in [0.25, 0.3) is 5.91 Å². The summed E-state index contributed by atoms with van der Waals surface area (Å²) in [6, 6.07) is 2.63. The van der Waals surface area contributed by atoms with E-state index in [2.05, 4.69) is 9.97 Å². The molecule has 8 heteroatoms. The van der Waals surface area contributed by atoms with Crippen molar-refractivity contribution in [1.82, 2.24) is 9.97 Å². The minimum absolute atomic E-state index is 0.0679. The number of hydrogen-bond donors (Lipinski definition) is 2. The van der Waals surface area contributed by atoms with E-state index < -0.39 is 40.3 Å². The second-order valence-electron chi connectivity index (χ2n) is 4.73. The van der Waals surface area contributed by atoms with Crippen molar-refractivity contribution >= 4 is 22.7 Å². The van der Waals surface area contributed by atoms with Crippen molar-refractivity contribution < 1.29 is 22.8 Å². The highest BCUT2D eigenvalue weighted by Crippen LogP contribution is 2.25. The molecule has 0 radical (unpaired) electrons. The Morgan fingerprint density at radius 2 is 1.87 bits per heavy atom. The van der Waals surface area contributed by atoms with E-state index in [1.54, 1.807) is 0 Å². The van der Waals surface area contributed by atoms with Gasteiger partial charge in [-0.25, -0.2) is 18.2 Å². The maximum absolute atomic E-state index is 14.2. The number of amides is 1. The number of halogens is 3. The Kier molecular flexibility index (Phi) is 3.36. The van der Waals surface area contributed by atoms with Gasteiger partial charge in [0.05, 0.1) is 17.3 Å². The fourth-order valence-electron chi connectivity index (χ4n) is 2.25. The van der Waals surface area contributed by atoms with E-state index in [9.17, 15) is 22.8 Å². The molecule has 0 saturated heterocycles. The van der Waals surface area contributed by atoms with Crippen LogP contribution in [0.5, 0.6) is 0 Å². The summed E-state index contributed by atoms with van der Waals surface area (Å²) in [6.07, 6.45) is 2.09. The van der Waals surface area contributed by atoms with Gasteiger partial charge in [-0.1, -0.05) is 0 Å². The molecule has 0 saturated carbocycles. The van der Waals surface area contributed by atoms with Crippen molar-refractivity contribution in [2.24, 2.45) is 5.73 Å². The van der Waals surface area contributed by atoms with E-state index in [0.29, 0.717) is 0 Å². The van der Waals surface area contributed by atoms with E-state index >= 15 is 0 Å². The first kappa shape index (κ1) is 14.8. The lowest BCUT2D eigenvalue weighted by Crippen LogP contribution is -2.17. The summed E-state index contributed by atoms with van der Waals surface area (Å²) in [4.78, 5) is 29.9. The Bertz CT molecular complexity index is 966. The lowest BCUT2D eigenvalue weighted by Gasteiger charge is -2.06. The van der Waals surface area contributed by atoms with Gasteiger partial charge in [0.2, 0.25) is 5.78 Å². The molecule has 116 valence electrons. The van der Waals surface area contributed by atoms with Crippen LogP contribution in [0.2, 0.25) is 0 Å². The number of fused-ring (bicyclic) bond motifs is 1. The maximum atomic E-state index is 14.2. The summed E-state index contributed by atoms with van der Waals surface area (Å²) >= 11 is 0. The number of nitrogens with one attached hydrogen (secondary N) is 1. The number of aromatic amines is 1. The number of nitrogens with zero attached hydrogens (tertiary/aromatic N) is 1. The van der Waals surface area contributed by atoms with Crippen molar-refractivity contribution in [3.8, 4) is 0 Å². The van der Waals surface area contributed by atoms with Crippen LogP contribution in [-0.2, 0) is 0 Å². The van der Waals surface area contributed by atoms with E-state index in [1.165, 1.54) is 0 Å². The van der Waals surface area contributed by atoms with Crippen LogP contribution in [0.3, 0.4) is 0 Å². The van der Waals surface area contributed by atoms with Crippen molar-refractivity contribution in [3.63, 3.8) is 0 Å². The summed E-state index contributed by atoms with van der Waals surface area (Å²) < 4.78 is 41.4. The number of H-pyrrole nitrogens is 1. The molecular formula is C15H8F3N3O2. The number of carbonyl (C=O) groups excluding carboxylic acids is 2. The molecule has 23 heavy (non-hydrogen) atoms. The Balaban J connectivity index is 2.22. The van der Waals surface area contributed by atoms with Crippen molar-refractivity contribution in [1.29, 1.82) is 0 Å². The summed E-state index contributed by atoms with van der Waals surface area (Å²) in [6.45, 7) is 0. The van der Waals surface area contributed by atoms with Crippen molar-refractivity contribution in [2.75, 3.05) is 0 Å². The molecule has 0 fully saturated rings. The lowest BCUT2D eigenvalue weighted by atomic mass is 9.99. The van der Waals surface area contributed by atoms with E-state index in [4.69, 9.17) is 5.73 Å². The van der Waals surface area contributed by atoms with E-state index in [-0.39, 0.29) is 16.6 Å². The van der Waals surface area contributed by atoms with Gasteiger partial charge in [-0.3, -0.25) is 9.59 Å². The lowest BCUT2D eigenvalue weighted by molar-refractivity contribution is 0.0996. The standard InChI is InChI=1S/C15H8F3N3O2/c16-6-3-8-9(5-21-15(8)20-4-6)13(22)11-10(17)2-1-7(12(11)18)14(19)23/h1-5H,(H2,19,23)(H,20,21). The molecule has 1 amide bonds. The fraction of sp³-hybridized carbons (Fsp3) is 0. The number of benzene rings is 1. The first-order valence-corrected chi connectivity index (χ1v) is 6.35. The number of rotatable bonds is 3. The number of pyridine rings is 1. The van der Waals surface area contributed by atoms with Crippen LogP contribution in [-0.4, -0.2) is 21.7 Å². The number of carbonyl (C=O) groups is 2. The van der Waals surface area contributed by atoms with Crippen LogP contribution in [0.4, 0.5) is 13.2 Å². The molecule has 0 spiro atoms. The van der Waals surface area contributed by atoms with Crippen molar-refractivity contribution in [2.45, 2.75) is 0 Å². The molecule has 0 aliphatic heterocycles. The first-order valence-electron chi connectivity index (χ1n) is 6.35. The van der Waals surface area contributed by atoms with Crippen molar-refractivity contribution in [3.05, 3.63) is 64.7 Å². The monoisotopic (exact) mass is 319 g/mol. The molecule has 2 aromatic heterocycles. The zero-order chi connectivity index (χ0) is 16.7. The van der Waals surface area contributed by atoms with E-state index in [1.807, 2.05) is 0 Å². The van der Waals surface area contributed by atoms with Gasteiger partial charge in [0.15, 0.2) is 0 Å². The molecule has 0 atom stereocenters. The molecule has 0 aliphatic rings. The van der Waals surface area contributed by atoms with Crippen LogP contribution >= 0.6 is 0 Å². The van der Waals surface area contributed by atoms with Crippen LogP contribution in [0.25, 0.3) is 11.0 Å². The van der Waals surface area contributed by atoms with Gasteiger partial charge in [-0.15, -0.1) is 0 Å². The van der Waals surface area contributed by atoms with Crippen LogP contribution < -0.4 is 5.73 Å². The number of primary amides is 1. The second kappa shape index (κ2) is 5.24. The molecule has 3 N–H and O–H groups in total. The van der Waals surface area contributed by atoms with Crippen LogP contribution in [0.15, 0.2) is 30.6 Å². The highest BCUT2D eigenvalue weighted by molar-refractivity contribution is 6.16. The molecule has 0 bridgehead atoms. The third kappa shape index (κ3) is 2.33. The van der Waals surface area contributed by atoms with Crippen LogP contribution in [0, 0.1) is 17.5 Å². The number of nitrogens with two attached hydrogens (primary N) is 1. The van der Waals surface area contributed by atoms with Gasteiger partial charge in [-0.05, 0) is 18.2 Å². The zero-order valence-corrected chi connectivity index (χ0v) is 11.4. The van der Waals surface area contributed by atoms with Gasteiger partial charge in [0.1, 0.15) is 23.1 Å². The first-order chi connectivity index (χ1) is 10.9. The molecule has 0 unspecified atom stereocenters. The fourth-order valence-corrected chi connectivity index (χ4v) is 2.25. The van der Waals surface area contributed by atoms with Gasteiger partial charge < -0.3 is 10.7 Å². The Morgan fingerprint density at radius 1 is 1.13 bits per heavy atom. The minimum atomic E-state index is -1.36. The average Bonchev–Trinajstić information content (AvgIpc) is 2.89. The predicted octanol–water partition coefficient (Wildman–Crippen LogP) is 2.31. The Morgan fingerprint density at radius 3 is 2.57 bits per heavy atom. The minimum Gasteiger partial charge on any atom is -0.366 e. The maximum Gasteiger partial charge on any atom is 0.251 e. The molecule has 5 nitrogen and oxygen atoms in total. The highest BCUT2D eigenvalue weighted by atomic mass is 19.1. The average molecular weight is 319 g/mol. The summed E-state index contributed by atoms with van der Waals surface area (Å²) in [7, 11) is 0. The third-order valence-electron chi connectivity index (χ3n) is 3.33. The quantitative estimate of drug-likeness (QED) is 0.726. The molecule has 2 heterocycles. The zero-order valence-electron chi connectivity index (χ0n) is 11.4. The third-order valence-corrected chi connectivity index (χ3v) is 3.33. The summed E-state index contributed by atoms with van der Waals surface area (Å²) in [5, 5.41) is 0.0679. The molecule has 3 rings (SSSR count). The molecule has 1 aromatic carbocycles. The molecule has 3 aromatic rings. The van der Waals surface area contributed by atoms with Gasteiger partial charge >= 0.3 is 0 Å². The SMILES string of the molecule is NC(=O)c1ccc(F)c(C(=O)c2c[nH]c3ncc(F)cc23)c1F. The Labute approximate surface area is 126 Å². The normalized spacial score (nSPS) is 10.9. The number of hydrogen-bond acceptors (Lipinski definition) is 3. The largest absolute Gasteiger partial charge is 0.366 e. The number of aromatic nitrogens is 2. The summed E-state index contributed by atoms with van der Waals surface area (Å²) in [5.74, 6) is -5.42. The summed E-state index contributed by atoms with van der Waals surface area (Å²) in [5.41, 5.74) is 3.44. The molecular weight excluding hydrogens is 311 g/mol. The second-order valence-corrected chi connectivity index (χ2v) is 4.73.